The zero-order valence-electron chi connectivity index (χ0n) is 11.0. The van der Waals surface area contributed by atoms with E-state index in [4.69, 9.17) is 14.7 Å². The number of methoxy groups -OCH3 is 1. The Labute approximate surface area is 114 Å². The molecule has 0 radical (unpaired) electrons. The lowest BCUT2D eigenvalue weighted by molar-refractivity contribution is -0.142. The quantitative estimate of drug-likeness (QED) is 0.750. The molecule has 0 saturated heterocycles. The van der Waals surface area contributed by atoms with Crippen LogP contribution in [0.15, 0.2) is 12.1 Å². The van der Waals surface area contributed by atoms with Gasteiger partial charge in [-0.25, -0.2) is 0 Å². The van der Waals surface area contributed by atoms with Gasteiger partial charge in [-0.3, -0.25) is 4.79 Å². The molecule has 1 aromatic rings. The molecule has 0 aromatic heterocycles. The van der Waals surface area contributed by atoms with Gasteiger partial charge in [0.25, 0.3) is 0 Å². The fourth-order valence-corrected chi connectivity index (χ4v) is 1.60. The van der Waals surface area contributed by atoms with Crippen molar-refractivity contribution in [2.24, 2.45) is 0 Å². The van der Waals surface area contributed by atoms with Gasteiger partial charge in [0.15, 0.2) is 11.5 Å². The van der Waals surface area contributed by atoms with E-state index >= 15 is 0 Å². The van der Waals surface area contributed by atoms with E-state index in [0.29, 0.717) is 0 Å². The summed E-state index contributed by atoms with van der Waals surface area (Å²) in [4.78, 5) is 11.5. The molecular weight excluding hydrogens is 272 g/mol. The van der Waals surface area contributed by atoms with Gasteiger partial charge in [0.1, 0.15) is 0 Å². The van der Waals surface area contributed by atoms with Gasteiger partial charge in [0, 0.05) is 11.6 Å². The van der Waals surface area contributed by atoms with Crippen LogP contribution < -0.4 is 9.47 Å². The van der Waals surface area contributed by atoms with E-state index in [-0.39, 0.29) is 35.7 Å². The van der Waals surface area contributed by atoms with Gasteiger partial charge in [0.2, 0.25) is 0 Å². The highest BCUT2D eigenvalue weighted by Crippen LogP contribution is 2.34. The second-order valence-electron chi connectivity index (χ2n) is 3.64. The number of ether oxygens (including phenoxy) is 3. The fourth-order valence-electron chi connectivity index (χ4n) is 1.60. The monoisotopic (exact) mass is 285 g/mol. The standard InChI is InChI=1S/C13H13F2NO4/c1-3-19-11(17)6-9-4-8(7-16)5-10(18-2)12(9)20-13(14)15/h4-5,13H,3,6H2,1-2H3. The molecule has 1 aromatic carbocycles. The molecule has 0 unspecified atom stereocenters. The molecule has 0 aliphatic heterocycles. The molecule has 20 heavy (non-hydrogen) atoms. The molecule has 108 valence electrons. The molecular formula is C13H13F2NO4. The molecule has 0 aliphatic rings. The Bertz CT molecular complexity index is 526. The van der Waals surface area contributed by atoms with Crippen LogP contribution in [0.2, 0.25) is 0 Å². The van der Waals surface area contributed by atoms with E-state index in [1.807, 2.05) is 6.07 Å². The average Bonchev–Trinajstić information content (AvgIpc) is 2.40. The number of halogens is 2. The molecule has 0 atom stereocenters. The molecule has 0 bridgehead atoms. The number of carbonyl (C=O) groups is 1. The summed E-state index contributed by atoms with van der Waals surface area (Å²) < 4.78 is 38.9. The van der Waals surface area contributed by atoms with Crippen LogP contribution in [0, 0.1) is 11.3 Å². The summed E-state index contributed by atoms with van der Waals surface area (Å²) in [5.74, 6) is -0.915. The molecule has 0 saturated carbocycles. The number of nitrogens with zero attached hydrogens (tertiary/aromatic N) is 1. The normalized spacial score (nSPS) is 10.0. The third-order valence-corrected chi connectivity index (χ3v) is 2.33. The zero-order valence-corrected chi connectivity index (χ0v) is 11.0. The molecule has 0 amide bonds. The van der Waals surface area contributed by atoms with Gasteiger partial charge in [-0.1, -0.05) is 0 Å². The van der Waals surface area contributed by atoms with Crippen molar-refractivity contribution in [1.29, 1.82) is 5.26 Å². The molecule has 1 rings (SSSR count). The predicted octanol–water partition coefficient (Wildman–Crippen LogP) is 2.27. The van der Waals surface area contributed by atoms with Crippen molar-refractivity contribution in [1.82, 2.24) is 0 Å². The smallest absolute Gasteiger partial charge is 0.387 e. The summed E-state index contributed by atoms with van der Waals surface area (Å²) in [6, 6.07) is 4.40. The van der Waals surface area contributed by atoms with Crippen molar-refractivity contribution < 1.29 is 27.8 Å². The Balaban J connectivity index is 3.22. The Morgan fingerprint density at radius 3 is 2.65 bits per heavy atom. The number of alkyl halides is 2. The van der Waals surface area contributed by atoms with Crippen LogP contribution in [0.1, 0.15) is 18.1 Å². The zero-order chi connectivity index (χ0) is 15.1. The van der Waals surface area contributed by atoms with Crippen LogP contribution in [-0.4, -0.2) is 26.3 Å². The molecule has 7 heteroatoms. The van der Waals surface area contributed by atoms with Gasteiger partial charge < -0.3 is 14.2 Å². The van der Waals surface area contributed by atoms with Gasteiger partial charge in [-0.2, -0.15) is 14.0 Å². The number of rotatable bonds is 6. The van der Waals surface area contributed by atoms with Crippen molar-refractivity contribution in [3.63, 3.8) is 0 Å². The van der Waals surface area contributed by atoms with Crippen LogP contribution in [0.4, 0.5) is 8.78 Å². The summed E-state index contributed by atoms with van der Waals surface area (Å²) in [6.07, 6.45) is -0.290. The molecule has 0 N–H and O–H groups in total. The highest BCUT2D eigenvalue weighted by molar-refractivity contribution is 5.74. The molecule has 0 aliphatic carbocycles. The van der Waals surface area contributed by atoms with Crippen LogP contribution in [0.5, 0.6) is 11.5 Å². The van der Waals surface area contributed by atoms with Crippen molar-refractivity contribution in [2.45, 2.75) is 20.0 Å². The first-order valence-corrected chi connectivity index (χ1v) is 5.73. The third-order valence-electron chi connectivity index (χ3n) is 2.33. The minimum Gasteiger partial charge on any atom is -0.493 e. The van der Waals surface area contributed by atoms with Crippen molar-refractivity contribution >= 4 is 5.97 Å². The van der Waals surface area contributed by atoms with Crippen molar-refractivity contribution in [3.05, 3.63) is 23.3 Å². The Hall–Kier alpha value is -2.36. The number of hydrogen-bond acceptors (Lipinski definition) is 5. The van der Waals surface area contributed by atoms with Crippen LogP contribution >= 0.6 is 0 Å². The van der Waals surface area contributed by atoms with E-state index < -0.39 is 12.6 Å². The summed E-state index contributed by atoms with van der Waals surface area (Å²) in [5.41, 5.74) is 0.280. The van der Waals surface area contributed by atoms with Gasteiger partial charge in [-0.05, 0) is 13.0 Å². The van der Waals surface area contributed by atoms with Gasteiger partial charge in [-0.15, -0.1) is 0 Å². The Morgan fingerprint density at radius 1 is 1.45 bits per heavy atom. The molecule has 0 fully saturated rings. The number of esters is 1. The second-order valence-corrected chi connectivity index (χ2v) is 3.64. The topological polar surface area (TPSA) is 68.6 Å². The molecule has 0 heterocycles. The summed E-state index contributed by atoms with van der Waals surface area (Å²) in [7, 11) is 1.25. The van der Waals surface area contributed by atoms with E-state index in [1.54, 1.807) is 6.92 Å². The number of benzene rings is 1. The highest BCUT2D eigenvalue weighted by Gasteiger charge is 2.19. The SMILES string of the molecule is CCOC(=O)Cc1cc(C#N)cc(OC)c1OC(F)F. The predicted molar refractivity (Wildman–Crippen MR) is 64.7 cm³/mol. The first-order chi connectivity index (χ1) is 9.51. The van der Waals surface area contributed by atoms with Crippen LogP contribution in [-0.2, 0) is 16.0 Å². The Morgan fingerprint density at radius 2 is 2.15 bits per heavy atom. The van der Waals surface area contributed by atoms with E-state index in [1.165, 1.54) is 19.2 Å². The largest absolute Gasteiger partial charge is 0.493 e. The number of hydrogen-bond donors (Lipinski definition) is 0. The third kappa shape index (κ3) is 4.09. The van der Waals surface area contributed by atoms with E-state index in [9.17, 15) is 13.6 Å². The second kappa shape index (κ2) is 7.28. The lowest BCUT2D eigenvalue weighted by Crippen LogP contribution is -2.12. The van der Waals surface area contributed by atoms with Crippen LogP contribution in [0.3, 0.4) is 0 Å². The first kappa shape index (κ1) is 15.7. The van der Waals surface area contributed by atoms with Gasteiger partial charge in [0.05, 0.1) is 31.8 Å². The maximum atomic E-state index is 12.4. The lowest BCUT2D eigenvalue weighted by Gasteiger charge is -2.14. The maximum Gasteiger partial charge on any atom is 0.387 e. The lowest BCUT2D eigenvalue weighted by atomic mass is 10.1. The average molecular weight is 285 g/mol. The number of carbonyl (C=O) groups excluding carboxylic acids is 1. The summed E-state index contributed by atoms with van der Waals surface area (Å²) >= 11 is 0. The van der Waals surface area contributed by atoms with E-state index in [2.05, 4.69) is 4.74 Å². The first-order valence-electron chi connectivity index (χ1n) is 5.73. The summed E-state index contributed by atoms with van der Waals surface area (Å²) in [6.45, 7) is -1.28. The maximum absolute atomic E-state index is 12.4. The van der Waals surface area contributed by atoms with Crippen molar-refractivity contribution in [2.75, 3.05) is 13.7 Å². The molecule has 0 spiro atoms. The van der Waals surface area contributed by atoms with Crippen LogP contribution in [0.25, 0.3) is 0 Å². The van der Waals surface area contributed by atoms with Crippen molar-refractivity contribution in [3.8, 4) is 17.6 Å². The van der Waals surface area contributed by atoms with Gasteiger partial charge >= 0.3 is 12.6 Å². The Kier molecular flexibility index (Phi) is 5.72. The van der Waals surface area contributed by atoms with E-state index in [0.717, 1.165) is 0 Å². The minimum absolute atomic E-state index is 0.0383. The molecule has 5 nitrogen and oxygen atoms in total. The summed E-state index contributed by atoms with van der Waals surface area (Å²) in [5, 5.41) is 8.88. The minimum atomic E-state index is -3.07. The number of nitriles is 1. The highest BCUT2D eigenvalue weighted by atomic mass is 19.3. The fraction of sp³-hybridized carbons (Fsp3) is 0.385.